The van der Waals surface area contributed by atoms with Gasteiger partial charge in [0.1, 0.15) is 23.9 Å². The number of carbonyl (C=O) groups excluding carboxylic acids is 3. The number of nitrogens with zero attached hydrogens (tertiary/aromatic N) is 1. The molecule has 14 nitrogen and oxygen atoms in total. The highest BCUT2D eigenvalue weighted by Gasteiger charge is 2.30. The zero-order valence-electron chi connectivity index (χ0n) is 20.2. The molecule has 4 unspecified atom stereocenters. The Labute approximate surface area is 222 Å². The van der Waals surface area contributed by atoms with E-state index in [1.54, 1.807) is 12.1 Å². The third-order valence-corrected chi connectivity index (χ3v) is 5.78. The average molecular weight is 551 g/mol. The Kier molecular flexibility index (Phi) is 11.6. The maximum atomic E-state index is 13.2. The number of hydrogen-bond acceptors (Lipinski definition) is 9. The van der Waals surface area contributed by atoms with Gasteiger partial charge in [0.2, 0.25) is 17.7 Å². The number of aliphatic carboxylic acids is 2. The van der Waals surface area contributed by atoms with Gasteiger partial charge in [0.25, 0.3) is 0 Å². The van der Waals surface area contributed by atoms with E-state index in [1.165, 1.54) is 24.7 Å². The van der Waals surface area contributed by atoms with Crippen molar-refractivity contribution in [3.8, 4) is 5.75 Å². The fourth-order valence-corrected chi connectivity index (χ4v) is 3.60. The number of aromatic amines is 1. The van der Waals surface area contributed by atoms with Crippen molar-refractivity contribution in [1.82, 2.24) is 25.9 Å². The zero-order chi connectivity index (χ0) is 28.2. The number of phenolic OH excluding ortho intramolecular Hbond substituents is 1. The highest BCUT2D eigenvalue weighted by atomic mass is 32.1. The lowest BCUT2D eigenvalue weighted by atomic mass is 10.0. The molecule has 15 heteroatoms. The van der Waals surface area contributed by atoms with Gasteiger partial charge in [-0.3, -0.25) is 19.2 Å². The van der Waals surface area contributed by atoms with Gasteiger partial charge in [-0.1, -0.05) is 12.1 Å². The summed E-state index contributed by atoms with van der Waals surface area (Å²) in [5, 5.41) is 34.8. The summed E-state index contributed by atoms with van der Waals surface area (Å²) >= 11 is 4.06. The Morgan fingerprint density at radius 2 is 1.53 bits per heavy atom. The van der Waals surface area contributed by atoms with E-state index in [0.29, 0.717) is 11.3 Å². The SMILES string of the molecule is NC(Cc1cnc[nH]1)C(=O)NC(Cc1ccc(O)cc1)C(=O)NC(CS)C(=O)NC(CCC(=O)O)C(=O)O. The molecule has 0 radical (unpaired) electrons. The van der Waals surface area contributed by atoms with E-state index >= 15 is 0 Å². The number of aromatic nitrogens is 2. The van der Waals surface area contributed by atoms with Crippen molar-refractivity contribution in [3.63, 3.8) is 0 Å². The smallest absolute Gasteiger partial charge is 0.326 e. The number of imidazole rings is 1. The predicted molar refractivity (Wildman–Crippen MR) is 136 cm³/mol. The number of benzene rings is 1. The highest BCUT2D eigenvalue weighted by molar-refractivity contribution is 7.80. The first-order valence-corrected chi connectivity index (χ1v) is 12.1. The molecule has 0 aliphatic heterocycles. The van der Waals surface area contributed by atoms with Crippen LogP contribution in [0.4, 0.5) is 0 Å². The van der Waals surface area contributed by atoms with E-state index in [2.05, 4.69) is 38.5 Å². The molecule has 2 rings (SSSR count). The number of hydrogen-bond donors (Lipinski definition) is 9. The van der Waals surface area contributed by atoms with Crippen LogP contribution >= 0.6 is 12.6 Å². The van der Waals surface area contributed by atoms with Crippen molar-refractivity contribution in [2.24, 2.45) is 5.73 Å². The molecule has 1 aromatic carbocycles. The van der Waals surface area contributed by atoms with Gasteiger partial charge in [-0.2, -0.15) is 12.6 Å². The van der Waals surface area contributed by atoms with Gasteiger partial charge in [0, 0.05) is 36.9 Å². The molecule has 2 aromatic rings. The normalized spacial score (nSPS) is 13.9. The minimum absolute atomic E-state index is 0.00283. The summed E-state index contributed by atoms with van der Waals surface area (Å²) in [5.74, 6) is -5.20. The van der Waals surface area contributed by atoms with E-state index in [4.69, 9.17) is 10.8 Å². The molecule has 0 bridgehead atoms. The van der Waals surface area contributed by atoms with Crippen molar-refractivity contribution in [3.05, 3.63) is 48.0 Å². The van der Waals surface area contributed by atoms with Crippen LogP contribution in [0.15, 0.2) is 36.8 Å². The van der Waals surface area contributed by atoms with E-state index in [9.17, 15) is 34.2 Å². The molecule has 4 atom stereocenters. The summed E-state index contributed by atoms with van der Waals surface area (Å²) in [7, 11) is 0. The van der Waals surface area contributed by atoms with Crippen LogP contribution in [0.1, 0.15) is 24.1 Å². The average Bonchev–Trinajstić information content (AvgIpc) is 3.38. The summed E-state index contributed by atoms with van der Waals surface area (Å²) in [4.78, 5) is 67.5. The summed E-state index contributed by atoms with van der Waals surface area (Å²) in [6.07, 6.45) is 2.18. The number of rotatable bonds is 15. The molecular formula is C23H30N6O8S. The zero-order valence-corrected chi connectivity index (χ0v) is 21.1. The van der Waals surface area contributed by atoms with Crippen LogP contribution in [-0.4, -0.2) is 84.9 Å². The van der Waals surface area contributed by atoms with Crippen LogP contribution in [0, 0.1) is 0 Å². The summed E-state index contributed by atoms with van der Waals surface area (Å²) < 4.78 is 0. The molecule has 0 saturated carbocycles. The quantitative estimate of drug-likeness (QED) is 0.117. The summed E-state index contributed by atoms with van der Waals surface area (Å²) in [6, 6.07) is 0.898. The van der Waals surface area contributed by atoms with Crippen molar-refractivity contribution in [2.75, 3.05) is 5.75 Å². The number of thiol groups is 1. The lowest BCUT2D eigenvalue weighted by molar-refractivity contribution is -0.143. The summed E-state index contributed by atoms with van der Waals surface area (Å²) in [6.45, 7) is 0. The maximum absolute atomic E-state index is 13.2. The second-order valence-corrected chi connectivity index (χ2v) is 8.76. The number of aromatic hydroxyl groups is 1. The molecule has 9 N–H and O–H groups in total. The molecular weight excluding hydrogens is 520 g/mol. The van der Waals surface area contributed by atoms with E-state index in [-0.39, 0.29) is 30.8 Å². The van der Waals surface area contributed by atoms with Crippen molar-refractivity contribution in [2.45, 2.75) is 49.9 Å². The molecule has 0 fully saturated rings. The Hall–Kier alpha value is -4.11. The first-order valence-electron chi connectivity index (χ1n) is 11.5. The standard InChI is InChI=1S/C23H30N6O8S/c24-15(8-13-9-25-11-26-13)20(33)28-17(7-12-1-3-14(30)4-2-12)21(34)29-18(10-38)22(35)27-16(23(36)37)5-6-19(31)32/h1-4,9,11,15-18,30,38H,5-8,10,24H2,(H,25,26)(H,27,35)(H,28,33)(H,29,34)(H,31,32)(H,36,37). The molecule has 1 heterocycles. The second kappa shape index (κ2) is 14.6. The van der Waals surface area contributed by atoms with Crippen LogP contribution in [-0.2, 0) is 36.8 Å². The largest absolute Gasteiger partial charge is 0.508 e. The predicted octanol–water partition coefficient (Wildman–Crippen LogP) is -1.44. The number of phenols is 1. The van der Waals surface area contributed by atoms with Gasteiger partial charge in [0.05, 0.1) is 12.4 Å². The Morgan fingerprint density at radius 1 is 0.921 bits per heavy atom. The van der Waals surface area contributed by atoms with Gasteiger partial charge >= 0.3 is 11.9 Å². The first kappa shape index (κ1) is 30.1. The lowest BCUT2D eigenvalue weighted by Crippen LogP contribution is -2.58. The molecule has 0 spiro atoms. The Bertz CT molecular complexity index is 1110. The fourth-order valence-electron chi connectivity index (χ4n) is 3.35. The van der Waals surface area contributed by atoms with Crippen LogP contribution in [0.2, 0.25) is 0 Å². The second-order valence-electron chi connectivity index (χ2n) is 8.39. The van der Waals surface area contributed by atoms with Gasteiger partial charge < -0.3 is 42.0 Å². The molecule has 1 aromatic heterocycles. The Balaban J connectivity index is 2.14. The van der Waals surface area contributed by atoms with Crippen molar-refractivity contribution in [1.29, 1.82) is 0 Å². The van der Waals surface area contributed by atoms with Crippen molar-refractivity contribution >= 4 is 42.3 Å². The minimum Gasteiger partial charge on any atom is -0.508 e. The number of nitrogens with one attached hydrogen (secondary N) is 4. The molecule has 206 valence electrons. The number of carboxylic acids is 2. The Morgan fingerprint density at radius 3 is 2.08 bits per heavy atom. The number of H-pyrrole nitrogens is 1. The van der Waals surface area contributed by atoms with Gasteiger partial charge in [-0.15, -0.1) is 0 Å². The first-order chi connectivity index (χ1) is 18.0. The molecule has 38 heavy (non-hydrogen) atoms. The van der Waals surface area contributed by atoms with Crippen LogP contribution in [0.25, 0.3) is 0 Å². The van der Waals surface area contributed by atoms with Gasteiger partial charge in [0.15, 0.2) is 0 Å². The fraction of sp³-hybridized carbons (Fsp3) is 0.391. The van der Waals surface area contributed by atoms with Gasteiger partial charge in [-0.05, 0) is 24.1 Å². The maximum Gasteiger partial charge on any atom is 0.326 e. The van der Waals surface area contributed by atoms with E-state index < -0.39 is 60.2 Å². The highest BCUT2D eigenvalue weighted by Crippen LogP contribution is 2.12. The number of carbonyl (C=O) groups is 5. The molecule has 0 aliphatic rings. The number of carboxylic acid groups (broad SMARTS) is 2. The van der Waals surface area contributed by atoms with Crippen molar-refractivity contribution < 1.29 is 39.3 Å². The molecule has 3 amide bonds. The van der Waals surface area contributed by atoms with Crippen LogP contribution < -0.4 is 21.7 Å². The van der Waals surface area contributed by atoms with Crippen LogP contribution in [0.5, 0.6) is 5.75 Å². The van der Waals surface area contributed by atoms with E-state index in [0.717, 1.165) is 0 Å². The third-order valence-electron chi connectivity index (χ3n) is 5.42. The lowest BCUT2D eigenvalue weighted by Gasteiger charge is -2.24. The van der Waals surface area contributed by atoms with Gasteiger partial charge in [-0.25, -0.2) is 9.78 Å². The van der Waals surface area contributed by atoms with Crippen LogP contribution in [0.3, 0.4) is 0 Å². The number of nitrogens with two attached hydrogens (primary N) is 1. The van der Waals surface area contributed by atoms with E-state index in [1.807, 2.05) is 0 Å². The molecule has 0 aliphatic carbocycles. The molecule has 0 saturated heterocycles. The third kappa shape index (κ3) is 9.74. The topological polar surface area (TPSA) is 237 Å². The monoisotopic (exact) mass is 550 g/mol. The minimum atomic E-state index is -1.49. The number of amides is 3. The summed E-state index contributed by atoms with van der Waals surface area (Å²) in [5.41, 5.74) is 7.17.